The summed E-state index contributed by atoms with van der Waals surface area (Å²) < 4.78 is 42.3. The van der Waals surface area contributed by atoms with Gasteiger partial charge in [0.1, 0.15) is 29.0 Å². The van der Waals surface area contributed by atoms with E-state index in [9.17, 15) is 8.78 Å². The Hall–Kier alpha value is -3.33. The zero-order valence-electron chi connectivity index (χ0n) is 19.9. The fourth-order valence-corrected chi connectivity index (χ4v) is 5.34. The molecule has 0 amide bonds. The van der Waals surface area contributed by atoms with E-state index < -0.39 is 5.92 Å². The predicted octanol–water partition coefficient (Wildman–Crippen LogP) is 5.20. The minimum atomic E-state index is -2.77. The van der Waals surface area contributed by atoms with Crippen LogP contribution in [-0.4, -0.2) is 39.1 Å². The molecular weight excluding hydrogens is 452 g/mol. The highest BCUT2D eigenvalue weighted by Crippen LogP contribution is 2.44. The summed E-state index contributed by atoms with van der Waals surface area (Å²) in [5.41, 5.74) is 3.37. The van der Waals surface area contributed by atoms with E-state index >= 15 is 0 Å². The topological polar surface area (TPSA) is 74.1 Å². The first kappa shape index (κ1) is 22.2. The van der Waals surface area contributed by atoms with Gasteiger partial charge in [0.05, 0.1) is 36.4 Å². The number of nitrogens with one attached hydrogen (secondary N) is 1. The van der Waals surface area contributed by atoms with Crippen molar-refractivity contribution in [3.8, 4) is 5.75 Å². The number of halogens is 2. The van der Waals surface area contributed by atoms with Gasteiger partial charge in [0.25, 0.3) is 5.92 Å². The molecule has 9 heteroatoms. The maximum absolute atomic E-state index is 14.4. The molecule has 2 aliphatic rings. The second-order valence-corrected chi connectivity index (χ2v) is 9.47. The number of hydrogen-bond donors (Lipinski definition) is 1. The first-order valence-corrected chi connectivity index (χ1v) is 12.0. The molecule has 3 heterocycles. The van der Waals surface area contributed by atoms with E-state index in [0.717, 1.165) is 39.4 Å². The molecule has 1 N–H and O–H groups in total. The van der Waals surface area contributed by atoms with Crippen molar-refractivity contribution in [1.82, 2.24) is 19.7 Å². The summed E-state index contributed by atoms with van der Waals surface area (Å²) in [5.74, 6) is -0.821. The summed E-state index contributed by atoms with van der Waals surface area (Å²) in [6.07, 6.45) is 2.81. The molecule has 2 aromatic carbocycles. The highest BCUT2D eigenvalue weighted by Gasteiger charge is 2.40. The van der Waals surface area contributed by atoms with Gasteiger partial charge in [-0.25, -0.2) is 18.7 Å². The summed E-state index contributed by atoms with van der Waals surface area (Å²) in [4.78, 5) is 9.42. The molecule has 1 saturated heterocycles. The van der Waals surface area contributed by atoms with Gasteiger partial charge < -0.3 is 14.8 Å². The van der Waals surface area contributed by atoms with Crippen molar-refractivity contribution < 1.29 is 18.3 Å². The van der Waals surface area contributed by atoms with Crippen LogP contribution in [0.1, 0.15) is 48.3 Å². The SMILES string of the molecule is Cc1nc(N[C@H](C)c2cccc3c2CCC3(F)F)c2cc(O[C@H]3CCOC3)c3c(cnn3C)c2n1. The summed E-state index contributed by atoms with van der Waals surface area (Å²) in [6.45, 7) is 5.05. The van der Waals surface area contributed by atoms with Gasteiger partial charge in [-0.2, -0.15) is 5.10 Å². The number of aromatic nitrogens is 4. The molecule has 4 aromatic rings. The number of fused-ring (bicyclic) bond motifs is 4. The van der Waals surface area contributed by atoms with Crippen molar-refractivity contribution in [1.29, 1.82) is 0 Å². The van der Waals surface area contributed by atoms with Crippen LogP contribution in [0.15, 0.2) is 30.5 Å². The molecule has 182 valence electrons. The summed E-state index contributed by atoms with van der Waals surface area (Å²) in [5, 5.41) is 9.62. The number of alkyl halides is 2. The smallest absolute Gasteiger partial charge is 0.273 e. The minimum absolute atomic E-state index is 0.0270. The monoisotopic (exact) mass is 479 g/mol. The molecule has 1 fully saturated rings. The Bertz CT molecular complexity index is 1450. The third kappa shape index (κ3) is 3.69. The Morgan fingerprint density at radius 1 is 1.26 bits per heavy atom. The van der Waals surface area contributed by atoms with Gasteiger partial charge in [-0.3, -0.25) is 4.68 Å². The van der Waals surface area contributed by atoms with E-state index in [-0.39, 0.29) is 24.1 Å². The second kappa shape index (κ2) is 8.12. The molecule has 0 spiro atoms. The van der Waals surface area contributed by atoms with Crippen LogP contribution < -0.4 is 10.1 Å². The van der Waals surface area contributed by atoms with E-state index in [0.29, 0.717) is 37.0 Å². The number of hydrogen-bond acceptors (Lipinski definition) is 6. The number of benzene rings is 2. The third-order valence-corrected chi connectivity index (χ3v) is 7.06. The van der Waals surface area contributed by atoms with E-state index in [2.05, 4.69) is 10.4 Å². The zero-order chi connectivity index (χ0) is 24.3. The molecule has 6 rings (SSSR count). The van der Waals surface area contributed by atoms with E-state index in [1.54, 1.807) is 16.9 Å². The number of rotatable bonds is 5. The fraction of sp³-hybridized carbons (Fsp3) is 0.423. The fourth-order valence-electron chi connectivity index (χ4n) is 5.34. The molecule has 0 radical (unpaired) electrons. The number of anilines is 1. The lowest BCUT2D eigenvalue weighted by molar-refractivity contribution is -0.00184. The first-order valence-electron chi connectivity index (χ1n) is 12.0. The highest BCUT2D eigenvalue weighted by molar-refractivity contribution is 6.10. The highest BCUT2D eigenvalue weighted by atomic mass is 19.3. The van der Waals surface area contributed by atoms with Crippen LogP contribution in [0.4, 0.5) is 14.6 Å². The Labute approximate surface area is 201 Å². The maximum Gasteiger partial charge on any atom is 0.273 e. The van der Waals surface area contributed by atoms with Crippen molar-refractivity contribution in [2.24, 2.45) is 7.05 Å². The van der Waals surface area contributed by atoms with Crippen molar-refractivity contribution in [2.45, 2.75) is 51.2 Å². The van der Waals surface area contributed by atoms with Crippen molar-refractivity contribution >= 4 is 27.6 Å². The van der Waals surface area contributed by atoms with Crippen molar-refractivity contribution in [3.63, 3.8) is 0 Å². The lowest BCUT2D eigenvalue weighted by atomic mass is 9.97. The third-order valence-electron chi connectivity index (χ3n) is 7.06. The Morgan fingerprint density at radius 2 is 2.11 bits per heavy atom. The van der Waals surface area contributed by atoms with Crippen LogP contribution in [0.5, 0.6) is 5.75 Å². The number of aryl methyl sites for hydroxylation is 2. The molecule has 35 heavy (non-hydrogen) atoms. The van der Waals surface area contributed by atoms with Gasteiger partial charge in [0, 0.05) is 30.8 Å². The quantitative estimate of drug-likeness (QED) is 0.424. The maximum atomic E-state index is 14.4. The van der Waals surface area contributed by atoms with Gasteiger partial charge in [-0.05, 0) is 37.5 Å². The number of ether oxygens (including phenoxy) is 2. The molecule has 1 aliphatic carbocycles. The van der Waals surface area contributed by atoms with E-state index in [1.165, 1.54) is 6.07 Å². The Kier molecular flexibility index (Phi) is 5.14. The molecule has 0 bridgehead atoms. The van der Waals surface area contributed by atoms with Gasteiger partial charge >= 0.3 is 0 Å². The Balaban J connectivity index is 1.45. The lowest BCUT2D eigenvalue weighted by Gasteiger charge is -2.21. The standard InChI is InChI=1S/C26H27F2N5O2/c1-14(17-5-4-6-21-18(17)7-9-26(21,27)28)30-25-19-11-22(35-16-8-10-34-13-16)24-20(12-29-33(24)3)23(19)31-15(2)32-25/h4-6,11-12,14,16H,7-10,13H2,1-3H3,(H,30,31,32)/t14-,16+/m1/s1. The molecule has 7 nitrogen and oxygen atoms in total. The van der Waals surface area contributed by atoms with Crippen LogP contribution in [0.2, 0.25) is 0 Å². The molecule has 0 saturated carbocycles. The number of nitrogens with zero attached hydrogens (tertiary/aromatic N) is 4. The second-order valence-electron chi connectivity index (χ2n) is 9.47. The average Bonchev–Trinajstić information content (AvgIpc) is 3.54. The summed E-state index contributed by atoms with van der Waals surface area (Å²) in [6, 6.07) is 6.90. The summed E-state index contributed by atoms with van der Waals surface area (Å²) in [7, 11) is 1.88. The zero-order valence-corrected chi connectivity index (χ0v) is 19.9. The first-order chi connectivity index (χ1) is 16.8. The van der Waals surface area contributed by atoms with Gasteiger partial charge in [-0.15, -0.1) is 0 Å². The van der Waals surface area contributed by atoms with Crippen LogP contribution in [0.25, 0.3) is 21.8 Å². The minimum Gasteiger partial charge on any atom is -0.486 e. The predicted molar refractivity (Wildman–Crippen MR) is 129 cm³/mol. The Morgan fingerprint density at radius 3 is 2.91 bits per heavy atom. The van der Waals surface area contributed by atoms with Crippen LogP contribution in [0, 0.1) is 6.92 Å². The molecule has 2 atom stereocenters. The van der Waals surface area contributed by atoms with Gasteiger partial charge in [0.2, 0.25) is 0 Å². The van der Waals surface area contributed by atoms with E-state index in [4.69, 9.17) is 19.4 Å². The molecule has 2 aromatic heterocycles. The van der Waals surface area contributed by atoms with Crippen LogP contribution >= 0.6 is 0 Å². The lowest BCUT2D eigenvalue weighted by Crippen LogP contribution is -2.16. The van der Waals surface area contributed by atoms with Crippen LogP contribution in [-0.2, 0) is 24.1 Å². The van der Waals surface area contributed by atoms with E-state index in [1.807, 2.05) is 33.0 Å². The van der Waals surface area contributed by atoms with Gasteiger partial charge in [-0.1, -0.05) is 18.2 Å². The molecular formula is C26H27F2N5O2. The summed E-state index contributed by atoms with van der Waals surface area (Å²) >= 11 is 0. The average molecular weight is 480 g/mol. The van der Waals surface area contributed by atoms with Crippen LogP contribution in [0.3, 0.4) is 0 Å². The molecule has 1 aliphatic heterocycles. The largest absolute Gasteiger partial charge is 0.486 e. The normalized spacial score (nSPS) is 19.9. The van der Waals surface area contributed by atoms with Crippen molar-refractivity contribution in [2.75, 3.05) is 18.5 Å². The van der Waals surface area contributed by atoms with Crippen molar-refractivity contribution in [3.05, 3.63) is 53.0 Å². The van der Waals surface area contributed by atoms with Gasteiger partial charge in [0.15, 0.2) is 0 Å². The molecule has 0 unspecified atom stereocenters.